The fraction of sp³-hybridized carbons (Fsp3) is 0.846. The smallest absolute Gasteiger partial charge is 0.205 e. The van der Waals surface area contributed by atoms with E-state index >= 15 is 0 Å². The van der Waals surface area contributed by atoms with Crippen molar-refractivity contribution in [1.82, 2.24) is 14.7 Å². The Bertz CT molecular complexity index is 382. The van der Waals surface area contributed by atoms with E-state index in [1.165, 1.54) is 38.8 Å². The molecular weight excluding hydrogens is 244 g/mol. The summed E-state index contributed by atoms with van der Waals surface area (Å²) in [4.78, 5) is 7.13. The van der Waals surface area contributed by atoms with E-state index < -0.39 is 0 Å². The van der Waals surface area contributed by atoms with Crippen molar-refractivity contribution >= 4 is 16.7 Å². The van der Waals surface area contributed by atoms with Crippen LogP contribution < -0.4 is 10.2 Å². The molecule has 3 rings (SSSR count). The third-order valence-corrected chi connectivity index (χ3v) is 4.64. The molecule has 1 atom stereocenters. The fourth-order valence-corrected chi connectivity index (χ4v) is 3.31. The Hall–Kier alpha value is -0.680. The average molecular weight is 266 g/mol. The van der Waals surface area contributed by atoms with Crippen LogP contribution in [0.1, 0.15) is 38.4 Å². The van der Waals surface area contributed by atoms with Crippen LogP contribution in [0.25, 0.3) is 0 Å². The zero-order valence-corrected chi connectivity index (χ0v) is 11.9. The molecule has 1 N–H and O–H groups in total. The predicted octanol–water partition coefficient (Wildman–Crippen LogP) is 2.07. The lowest BCUT2D eigenvalue weighted by Gasteiger charge is -2.24. The lowest BCUT2D eigenvalue weighted by atomic mass is 10.2. The van der Waals surface area contributed by atoms with Gasteiger partial charge in [-0.15, -0.1) is 0 Å². The summed E-state index contributed by atoms with van der Waals surface area (Å²) in [6.07, 6.45) is 6.36. The van der Waals surface area contributed by atoms with Crippen molar-refractivity contribution in [3.8, 4) is 0 Å². The van der Waals surface area contributed by atoms with Crippen LogP contribution >= 0.6 is 11.5 Å². The molecule has 1 aromatic rings. The molecule has 4 nitrogen and oxygen atoms in total. The molecule has 2 aliphatic rings. The largest absolute Gasteiger partial charge is 0.345 e. The molecular formula is C13H22N4S. The molecule has 1 aliphatic heterocycles. The molecule has 1 aliphatic carbocycles. The zero-order valence-electron chi connectivity index (χ0n) is 11.1. The number of nitrogens with one attached hydrogen (secondary N) is 1. The van der Waals surface area contributed by atoms with Crippen molar-refractivity contribution in [3.05, 3.63) is 5.82 Å². The van der Waals surface area contributed by atoms with Crippen molar-refractivity contribution in [3.63, 3.8) is 0 Å². The van der Waals surface area contributed by atoms with E-state index in [-0.39, 0.29) is 0 Å². The van der Waals surface area contributed by atoms with Crippen LogP contribution in [0.4, 0.5) is 5.13 Å². The first kappa shape index (κ1) is 12.4. The van der Waals surface area contributed by atoms with Gasteiger partial charge in [-0.1, -0.05) is 6.92 Å². The second-order valence-corrected chi connectivity index (χ2v) is 6.22. The summed E-state index contributed by atoms with van der Waals surface area (Å²) in [6.45, 7) is 5.58. The summed E-state index contributed by atoms with van der Waals surface area (Å²) in [7, 11) is 0. The number of rotatable bonds is 6. The highest BCUT2D eigenvalue weighted by Gasteiger charge is 2.28. The molecule has 1 unspecified atom stereocenters. The summed E-state index contributed by atoms with van der Waals surface area (Å²) in [5, 5.41) is 4.72. The molecule has 0 bridgehead atoms. The lowest BCUT2D eigenvalue weighted by Crippen LogP contribution is -2.38. The molecule has 100 valence electrons. The van der Waals surface area contributed by atoms with Crippen molar-refractivity contribution in [2.24, 2.45) is 5.92 Å². The fourth-order valence-electron chi connectivity index (χ4n) is 2.54. The van der Waals surface area contributed by atoms with Crippen LogP contribution in [0.5, 0.6) is 0 Å². The number of aromatic nitrogens is 2. The first-order valence-electron chi connectivity index (χ1n) is 7.16. The van der Waals surface area contributed by atoms with Gasteiger partial charge < -0.3 is 10.2 Å². The van der Waals surface area contributed by atoms with Crippen LogP contribution in [0.2, 0.25) is 0 Å². The van der Waals surface area contributed by atoms with Gasteiger partial charge in [0.15, 0.2) is 0 Å². The molecule has 1 saturated heterocycles. The first-order chi connectivity index (χ1) is 8.85. The van der Waals surface area contributed by atoms with E-state index in [2.05, 4.69) is 26.5 Å². The number of aryl methyl sites for hydroxylation is 1. The Labute approximate surface area is 113 Å². The summed E-state index contributed by atoms with van der Waals surface area (Å²) >= 11 is 1.57. The van der Waals surface area contributed by atoms with Gasteiger partial charge in [0.1, 0.15) is 5.82 Å². The Morgan fingerprint density at radius 3 is 2.83 bits per heavy atom. The Morgan fingerprint density at radius 2 is 2.22 bits per heavy atom. The van der Waals surface area contributed by atoms with E-state index in [1.54, 1.807) is 11.5 Å². The van der Waals surface area contributed by atoms with Gasteiger partial charge in [0.05, 0.1) is 0 Å². The second-order valence-electron chi connectivity index (χ2n) is 5.49. The minimum absolute atomic E-state index is 0.651. The first-order valence-corrected chi connectivity index (χ1v) is 7.93. The molecule has 0 radical (unpaired) electrons. The van der Waals surface area contributed by atoms with E-state index in [0.29, 0.717) is 6.04 Å². The van der Waals surface area contributed by atoms with Gasteiger partial charge in [-0.05, 0) is 38.1 Å². The molecule has 0 aromatic carbocycles. The van der Waals surface area contributed by atoms with E-state index in [4.69, 9.17) is 0 Å². The van der Waals surface area contributed by atoms with Gasteiger partial charge >= 0.3 is 0 Å². The van der Waals surface area contributed by atoms with Gasteiger partial charge in [-0.2, -0.15) is 4.37 Å². The van der Waals surface area contributed by atoms with Gasteiger partial charge in [0, 0.05) is 37.1 Å². The molecule has 2 fully saturated rings. The number of hydrogen-bond acceptors (Lipinski definition) is 5. The van der Waals surface area contributed by atoms with E-state index in [1.807, 2.05) is 0 Å². The average Bonchev–Trinajstić information content (AvgIpc) is 2.89. The van der Waals surface area contributed by atoms with Crippen LogP contribution in [0, 0.1) is 5.92 Å². The molecule has 1 saturated carbocycles. The predicted molar refractivity (Wildman–Crippen MR) is 75.2 cm³/mol. The van der Waals surface area contributed by atoms with Gasteiger partial charge in [0.2, 0.25) is 5.13 Å². The monoisotopic (exact) mass is 266 g/mol. The Balaban J connectivity index is 1.66. The Morgan fingerprint density at radius 1 is 1.33 bits per heavy atom. The normalized spacial score (nSPS) is 23.5. The van der Waals surface area contributed by atoms with E-state index in [9.17, 15) is 0 Å². The van der Waals surface area contributed by atoms with Gasteiger partial charge in [-0.3, -0.25) is 0 Å². The number of nitrogens with zero attached hydrogens (tertiary/aromatic N) is 3. The quantitative estimate of drug-likeness (QED) is 0.856. The van der Waals surface area contributed by atoms with Crippen LogP contribution in [0.3, 0.4) is 0 Å². The van der Waals surface area contributed by atoms with E-state index in [0.717, 1.165) is 29.8 Å². The summed E-state index contributed by atoms with van der Waals surface area (Å²) in [5.74, 6) is 1.90. The molecule has 2 heterocycles. The van der Waals surface area contributed by atoms with Gasteiger partial charge in [0.25, 0.3) is 0 Å². The number of hydrogen-bond donors (Lipinski definition) is 1. The van der Waals surface area contributed by atoms with Crippen molar-refractivity contribution in [2.75, 3.05) is 24.5 Å². The topological polar surface area (TPSA) is 41.1 Å². The highest BCUT2D eigenvalue weighted by Crippen LogP contribution is 2.32. The standard InChI is InChI=1S/C13H22N4S/c1-2-12-15-13(18-16-12)17(8-10-5-6-10)9-11-4-3-7-14-11/h10-11,14H,2-9H2,1H3. The van der Waals surface area contributed by atoms with Crippen molar-refractivity contribution in [1.29, 1.82) is 0 Å². The molecule has 18 heavy (non-hydrogen) atoms. The minimum Gasteiger partial charge on any atom is -0.345 e. The lowest BCUT2D eigenvalue weighted by molar-refractivity contribution is 0.569. The molecule has 5 heteroatoms. The molecule has 1 aromatic heterocycles. The van der Waals surface area contributed by atoms with Gasteiger partial charge in [-0.25, -0.2) is 4.98 Å². The highest BCUT2D eigenvalue weighted by atomic mass is 32.1. The summed E-state index contributed by atoms with van der Waals surface area (Å²) in [5.41, 5.74) is 0. The minimum atomic E-state index is 0.651. The third kappa shape index (κ3) is 3.01. The Kier molecular flexibility index (Phi) is 3.80. The maximum Gasteiger partial charge on any atom is 0.205 e. The highest BCUT2D eigenvalue weighted by molar-refractivity contribution is 7.09. The maximum atomic E-state index is 4.66. The SMILES string of the molecule is CCc1nsc(N(CC2CC2)CC2CCCN2)n1. The molecule has 0 spiro atoms. The number of anilines is 1. The maximum absolute atomic E-state index is 4.66. The van der Waals surface area contributed by atoms with Crippen molar-refractivity contribution in [2.45, 2.75) is 45.1 Å². The van der Waals surface area contributed by atoms with Crippen molar-refractivity contribution < 1.29 is 0 Å². The molecule has 0 amide bonds. The third-order valence-electron chi connectivity index (χ3n) is 3.82. The summed E-state index contributed by atoms with van der Waals surface area (Å²) in [6, 6.07) is 0.651. The second kappa shape index (κ2) is 5.53. The van der Waals surface area contributed by atoms with Crippen LogP contribution in [0.15, 0.2) is 0 Å². The zero-order chi connectivity index (χ0) is 12.4. The van der Waals surface area contributed by atoms with Crippen LogP contribution in [-0.4, -0.2) is 35.0 Å². The van der Waals surface area contributed by atoms with Crippen LogP contribution in [-0.2, 0) is 6.42 Å². The summed E-state index contributed by atoms with van der Waals surface area (Å²) < 4.78 is 4.43.